The van der Waals surface area contributed by atoms with Crippen LogP contribution in [0.25, 0.3) is 0 Å². The van der Waals surface area contributed by atoms with Gasteiger partial charge in [-0.3, -0.25) is 14.3 Å². The van der Waals surface area contributed by atoms with Crippen LogP contribution >= 0.6 is 0 Å². The summed E-state index contributed by atoms with van der Waals surface area (Å²) >= 11 is 0. The van der Waals surface area contributed by atoms with Crippen molar-refractivity contribution in [3.05, 3.63) is 23.8 Å². The van der Waals surface area contributed by atoms with Crippen LogP contribution in [0, 0.1) is 0 Å². The molecule has 0 spiro atoms. The maximum absolute atomic E-state index is 13.3. The number of benzene rings is 1. The SMILES string of the molecule is CCS(=O)(=O)Nc1ccc2c(c1)C(=O)N(C)[C@@H]1CC[C@H](CC(=O)NC3CCCCC3)O[C@H]1CO2. The number of fused-ring (bicyclic) bond motifs is 2. The third-order valence-electron chi connectivity index (χ3n) is 7.05. The first-order chi connectivity index (χ1) is 16.3. The Hall–Kier alpha value is -2.33. The standard InChI is InChI=1S/C24H35N3O6S/c1-3-34(30,31)26-17-9-12-21-19(13-17)24(29)27(2)20-11-10-18(33-22(20)15-32-21)14-23(28)25-16-7-5-4-6-8-16/h9,12-13,16,18,20,22,26H,3-8,10-11,14-15H2,1-2H3,(H,25,28)/t18-,20-,22+/m1/s1. The highest BCUT2D eigenvalue weighted by atomic mass is 32.2. The average molecular weight is 494 g/mol. The van der Waals surface area contributed by atoms with Crippen molar-refractivity contribution < 1.29 is 27.5 Å². The van der Waals surface area contributed by atoms with E-state index in [1.54, 1.807) is 31.0 Å². The predicted molar refractivity (Wildman–Crippen MR) is 128 cm³/mol. The molecule has 3 atom stereocenters. The molecule has 0 bridgehead atoms. The largest absolute Gasteiger partial charge is 0.490 e. The normalized spacial score (nSPS) is 25.9. The minimum Gasteiger partial charge on any atom is -0.490 e. The maximum atomic E-state index is 13.3. The molecule has 2 aliphatic heterocycles. The Morgan fingerprint density at radius 3 is 2.65 bits per heavy atom. The van der Waals surface area contributed by atoms with E-state index in [-0.39, 0.29) is 48.5 Å². The van der Waals surface area contributed by atoms with Crippen molar-refractivity contribution in [2.24, 2.45) is 0 Å². The van der Waals surface area contributed by atoms with Gasteiger partial charge in [-0.05, 0) is 50.8 Å². The lowest BCUT2D eigenvalue weighted by Crippen LogP contribution is -2.54. The second-order valence-corrected chi connectivity index (χ2v) is 11.5. The summed E-state index contributed by atoms with van der Waals surface area (Å²) < 4.78 is 38.5. The Bertz CT molecular complexity index is 1010. The van der Waals surface area contributed by atoms with Gasteiger partial charge in [0.1, 0.15) is 18.5 Å². The molecular weight excluding hydrogens is 458 g/mol. The third-order valence-corrected chi connectivity index (χ3v) is 8.36. The van der Waals surface area contributed by atoms with Crippen LogP contribution in [-0.4, -0.2) is 68.8 Å². The van der Waals surface area contributed by atoms with Gasteiger partial charge in [0, 0.05) is 18.8 Å². The fraction of sp³-hybridized carbons (Fsp3) is 0.667. The zero-order chi connectivity index (χ0) is 24.3. The Kier molecular flexibility index (Phi) is 7.67. The second kappa shape index (κ2) is 10.5. The first kappa shape index (κ1) is 24.8. The fourth-order valence-electron chi connectivity index (χ4n) is 5.08. The lowest BCUT2D eigenvalue weighted by Gasteiger charge is -2.42. The molecule has 9 nitrogen and oxygen atoms in total. The second-order valence-electron chi connectivity index (χ2n) is 9.49. The number of nitrogens with one attached hydrogen (secondary N) is 2. The van der Waals surface area contributed by atoms with Crippen LogP contribution in [0.3, 0.4) is 0 Å². The van der Waals surface area contributed by atoms with E-state index in [2.05, 4.69) is 10.0 Å². The summed E-state index contributed by atoms with van der Waals surface area (Å²) in [6, 6.07) is 4.79. The molecule has 1 aliphatic carbocycles. The summed E-state index contributed by atoms with van der Waals surface area (Å²) in [6.45, 7) is 1.80. The molecule has 0 aromatic heterocycles. The van der Waals surface area contributed by atoms with Gasteiger partial charge in [0.2, 0.25) is 15.9 Å². The van der Waals surface area contributed by atoms with Gasteiger partial charge in [-0.25, -0.2) is 8.42 Å². The number of anilines is 1. The van der Waals surface area contributed by atoms with E-state index in [0.717, 1.165) is 12.8 Å². The molecule has 1 saturated carbocycles. The molecule has 2 fully saturated rings. The Morgan fingerprint density at radius 2 is 1.91 bits per heavy atom. The van der Waals surface area contributed by atoms with Crippen molar-refractivity contribution in [2.45, 2.75) is 82.6 Å². The van der Waals surface area contributed by atoms with E-state index in [9.17, 15) is 18.0 Å². The van der Waals surface area contributed by atoms with Crippen LogP contribution in [-0.2, 0) is 19.6 Å². The van der Waals surface area contributed by atoms with Crippen LogP contribution in [0.1, 0.15) is 68.6 Å². The van der Waals surface area contributed by atoms with E-state index in [1.165, 1.54) is 25.3 Å². The number of carbonyl (C=O) groups excluding carboxylic acids is 2. The van der Waals surface area contributed by atoms with E-state index >= 15 is 0 Å². The van der Waals surface area contributed by atoms with E-state index < -0.39 is 10.0 Å². The Morgan fingerprint density at radius 1 is 1.15 bits per heavy atom. The number of hydrogen-bond acceptors (Lipinski definition) is 6. The van der Waals surface area contributed by atoms with Gasteiger partial charge in [-0.1, -0.05) is 19.3 Å². The van der Waals surface area contributed by atoms with Gasteiger partial charge in [0.25, 0.3) is 5.91 Å². The maximum Gasteiger partial charge on any atom is 0.257 e. The number of rotatable bonds is 6. The molecule has 2 heterocycles. The monoisotopic (exact) mass is 493 g/mol. The lowest BCUT2D eigenvalue weighted by molar-refractivity contribution is -0.134. The molecule has 1 aromatic carbocycles. The summed E-state index contributed by atoms with van der Waals surface area (Å²) in [7, 11) is -1.73. The molecule has 2 amide bonds. The predicted octanol–water partition coefficient (Wildman–Crippen LogP) is 2.67. The zero-order valence-corrected chi connectivity index (χ0v) is 20.7. The first-order valence-corrected chi connectivity index (χ1v) is 13.9. The molecule has 34 heavy (non-hydrogen) atoms. The van der Waals surface area contributed by atoms with Gasteiger partial charge < -0.3 is 19.7 Å². The van der Waals surface area contributed by atoms with Gasteiger partial charge in [0.15, 0.2) is 0 Å². The van der Waals surface area contributed by atoms with Crippen LogP contribution < -0.4 is 14.8 Å². The van der Waals surface area contributed by atoms with Gasteiger partial charge in [-0.2, -0.15) is 0 Å². The van der Waals surface area contributed by atoms with Crippen molar-refractivity contribution in [1.82, 2.24) is 10.2 Å². The van der Waals surface area contributed by atoms with Crippen molar-refractivity contribution >= 4 is 27.5 Å². The number of likely N-dealkylation sites (N-methyl/N-ethyl adjacent to an activating group) is 1. The summed E-state index contributed by atoms with van der Waals surface area (Å²) in [5.41, 5.74) is 0.637. The first-order valence-electron chi connectivity index (χ1n) is 12.2. The molecule has 2 N–H and O–H groups in total. The zero-order valence-electron chi connectivity index (χ0n) is 19.9. The highest BCUT2D eigenvalue weighted by Gasteiger charge is 2.39. The highest BCUT2D eigenvalue weighted by Crippen LogP contribution is 2.32. The summed E-state index contributed by atoms with van der Waals surface area (Å²) in [4.78, 5) is 27.5. The van der Waals surface area contributed by atoms with Gasteiger partial charge in [0.05, 0.1) is 29.9 Å². The quantitative estimate of drug-likeness (QED) is 0.630. The Balaban J connectivity index is 1.42. The highest BCUT2D eigenvalue weighted by molar-refractivity contribution is 7.92. The molecule has 188 valence electrons. The number of carbonyl (C=O) groups is 2. The molecule has 1 aromatic rings. The fourth-order valence-corrected chi connectivity index (χ4v) is 5.71. The smallest absolute Gasteiger partial charge is 0.257 e. The van der Waals surface area contributed by atoms with Gasteiger partial charge >= 0.3 is 0 Å². The molecule has 3 aliphatic rings. The molecular formula is C24H35N3O6S. The lowest BCUT2D eigenvalue weighted by atomic mass is 9.93. The van der Waals surface area contributed by atoms with Crippen molar-refractivity contribution in [3.63, 3.8) is 0 Å². The molecule has 4 rings (SSSR count). The van der Waals surface area contributed by atoms with Crippen molar-refractivity contribution in [2.75, 3.05) is 24.1 Å². The topological polar surface area (TPSA) is 114 Å². The van der Waals surface area contributed by atoms with Crippen LogP contribution in [0.5, 0.6) is 5.75 Å². The average Bonchev–Trinajstić information content (AvgIpc) is 2.82. The van der Waals surface area contributed by atoms with Crippen molar-refractivity contribution in [1.29, 1.82) is 0 Å². The molecule has 1 saturated heterocycles. The van der Waals surface area contributed by atoms with E-state index in [1.807, 2.05) is 0 Å². The number of nitrogens with zero attached hydrogens (tertiary/aromatic N) is 1. The van der Waals surface area contributed by atoms with Crippen LogP contribution in [0.2, 0.25) is 0 Å². The molecule has 10 heteroatoms. The van der Waals surface area contributed by atoms with Crippen LogP contribution in [0.4, 0.5) is 5.69 Å². The minimum absolute atomic E-state index is 0.0268. The minimum atomic E-state index is -3.46. The molecule has 0 unspecified atom stereocenters. The van der Waals surface area contributed by atoms with E-state index in [4.69, 9.17) is 9.47 Å². The third kappa shape index (κ3) is 5.83. The number of sulfonamides is 1. The number of ether oxygens (including phenoxy) is 2. The van der Waals surface area contributed by atoms with Crippen LogP contribution in [0.15, 0.2) is 18.2 Å². The Labute approximate surface area is 201 Å². The van der Waals surface area contributed by atoms with E-state index in [0.29, 0.717) is 36.3 Å². The summed E-state index contributed by atoms with van der Waals surface area (Å²) in [5.74, 6) is 0.101. The number of hydrogen-bond donors (Lipinski definition) is 2. The summed E-state index contributed by atoms with van der Waals surface area (Å²) in [6.07, 6.45) is 6.81. The molecule has 0 radical (unpaired) electrons. The number of amides is 2. The van der Waals surface area contributed by atoms with Gasteiger partial charge in [-0.15, -0.1) is 0 Å². The van der Waals surface area contributed by atoms with Crippen molar-refractivity contribution in [3.8, 4) is 5.75 Å². The summed E-state index contributed by atoms with van der Waals surface area (Å²) in [5, 5.41) is 3.15.